The maximum absolute atomic E-state index is 11.3. The van der Waals surface area contributed by atoms with Crippen molar-refractivity contribution >= 4 is 16.7 Å². The molecule has 1 amide bonds. The van der Waals surface area contributed by atoms with Crippen molar-refractivity contribution in [1.82, 2.24) is 4.90 Å². The molecule has 0 bridgehead atoms. The molecule has 1 fully saturated rings. The molecule has 1 aliphatic heterocycles. The molecular weight excluding hydrogens is 248 g/mol. The number of hydrogen-bond donors (Lipinski definition) is 1. The first-order valence-electron chi connectivity index (χ1n) is 7.22. The van der Waals surface area contributed by atoms with Gasteiger partial charge in [-0.05, 0) is 41.8 Å². The van der Waals surface area contributed by atoms with Crippen LogP contribution in [0.25, 0.3) is 10.8 Å². The molecule has 20 heavy (non-hydrogen) atoms. The van der Waals surface area contributed by atoms with Crippen LogP contribution >= 0.6 is 0 Å². The molecule has 3 rings (SSSR count). The van der Waals surface area contributed by atoms with Crippen LogP contribution in [-0.4, -0.2) is 23.9 Å². The first kappa shape index (κ1) is 13.1. The molecule has 0 saturated carbocycles. The van der Waals surface area contributed by atoms with Gasteiger partial charge in [0.2, 0.25) is 5.91 Å². The zero-order valence-electron chi connectivity index (χ0n) is 11.6. The summed E-state index contributed by atoms with van der Waals surface area (Å²) in [6, 6.07) is 15.0. The fraction of sp³-hybridized carbons (Fsp3) is 0.353. The van der Waals surface area contributed by atoms with Crippen molar-refractivity contribution in [2.75, 3.05) is 13.1 Å². The zero-order chi connectivity index (χ0) is 13.9. The molecule has 2 aromatic carbocycles. The van der Waals surface area contributed by atoms with E-state index >= 15 is 0 Å². The molecule has 3 heteroatoms. The summed E-state index contributed by atoms with van der Waals surface area (Å²) in [6.45, 7) is 2.74. The third-order valence-corrected chi connectivity index (χ3v) is 4.13. The minimum absolute atomic E-state index is 0.0178. The second kappa shape index (κ2) is 5.63. The summed E-state index contributed by atoms with van der Waals surface area (Å²) in [6.07, 6.45) is 1.99. The number of carbonyl (C=O) groups excluding carboxylic acids is 1. The second-order valence-electron chi connectivity index (χ2n) is 5.66. The fourth-order valence-corrected chi connectivity index (χ4v) is 3.03. The van der Waals surface area contributed by atoms with Crippen molar-refractivity contribution in [3.63, 3.8) is 0 Å². The van der Waals surface area contributed by atoms with Gasteiger partial charge in [0.15, 0.2) is 0 Å². The van der Waals surface area contributed by atoms with Gasteiger partial charge in [0, 0.05) is 13.1 Å². The Morgan fingerprint density at radius 3 is 2.80 bits per heavy atom. The monoisotopic (exact) mass is 268 g/mol. The van der Waals surface area contributed by atoms with Crippen LogP contribution in [-0.2, 0) is 11.3 Å². The van der Waals surface area contributed by atoms with Crippen LogP contribution in [0.4, 0.5) is 0 Å². The lowest BCUT2D eigenvalue weighted by molar-refractivity contribution is -0.123. The largest absolute Gasteiger partial charge is 0.369 e. The quantitative estimate of drug-likeness (QED) is 0.930. The molecule has 0 radical (unpaired) electrons. The highest BCUT2D eigenvalue weighted by Gasteiger charge is 2.23. The van der Waals surface area contributed by atoms with Crippen LogP contribution in [0.5, 0.6) is 0 Å². The van der Waals surface area contributed by atoms with Gasteiger partial charge in [-0.1, -0.05) is 36.4 Å². The fourth-order valence-electron chi connectivity index (χ4n) is 3.03. The smallest absolute Gasteiger partial charge is 0.221 e. The summed E-state index contributed by atoms with van der Waals surface area (Å²) < 4.78 is 0. The number of primary amides is 1. The van der Waals surface area contributed by atoms with E-state index in [1.54, 1.807) is 0 Å². The summed E-state index contributed by atoms with van der Waals surface area (Å²) >= 11 is 0. The van der Waals surface area contributed by atoms with Gasteiger partial charge in [0.05, 0.1) is 5.92 Å². The molecule has 1 atom stereocenters. The molecule has 1 aliphatic rings. The molecule has 0 aromatic heterocycles. The molecule has 1 heterocycles. The number of rotatable bonds is 3. The van der Waals surface area contributed by atoms with Gasteiger partial charge in [0.25, 0.3) is 0 Å². The number of likely N-dealkylation sites (tertiary alicyclic amines) is 1. The highest BCUT2D eigenvalue weighted by molar-refractivity contribution is 5.83. The van der Waals surface area contributed by atoms with E-state index in [0.717, 1.165) is 32.5 Å². The summed E-state index contributed by atoms with van der Waals surface area (Å²) in [4.78, 5) is 13.7. The van der Waals surface area contributed by atoms with E-state index in [1.165, 1.54) is 16.3 Å². The predicted molar refractivity (Wildman–Crippen MR) is 81.1 cm³/mol. The third kappa shape index (κ3) is 2.83. The van der Waals surface area contributed by atoms with E-state index in [2.05, 4.69) is 47.4 Å². The topological polar surface area (TPSA) is 46.3 Å². The molecular formula is C17H20N2O. The minimum atomic E-state index is -0.159. The van der Waals surface area contributed by atoms with Crippen LogP contribution < -0.4 is 5.73 Å². The standard InChI is InChI=1S/C17H20N2O/c18-17(20)16-6-3-9-19(12-16)11-13-7-8-14-4-1-2-5-15(14)10-13/h1-2,4-5,7-8,10,16H,3,6,9,11-12H2,(H2,18,20)/t16-/m1/s1. The number of fused-ring (bicyclic) bond motifs is 1. The van der Waals surface area contributed by atoms with E-state index in [9.17, 15) is 4.79 Å². The molecule has 2 N–H and O–H groups in total. The van der Waals surface area contributed by atoms with Crippen molar-refractivity contribution in [2.24, 2.45) is 11.7 Å². The normalized spacial score (nSPS) is 20.1. The number of nitrogens with two attached hydrogens (primary N) is 1. The maximum Gasteiger partial charge on any atom is 0.221 e. The number of hydrogen-bond acceptors (Lipinski definition) is 2. The Balaban J connectivity index is 1.74. The Labute approximate surface area is 119 Å². The Kier molecular flexibility index (Phi) is 3.70. The lowest BCUT2D eigenvalue weighted by Gasteiger charge is -2.31. The molecule has 2 aromatic rings. The van der Waals surface area contributed by atoms with Crippen LogP contribution in [0, 0.1) is 5.92 Å². The Hall–Kier alpha value is -1.87. The van der Waals surface area contributed by atoms with Gasteiger partial charge >= 0.3 is 0 Å². The van der Waals surface area contributed by atoms with Crippen LogP contribution in [0.1, 0.15) is 18.4 Å². The van der Waals surface area contributed by atoms with Crippen LogP contribution in [0.3, 0.4) is 0 Å². The van der Waals surface area contributed by atoms with Gasteiger partial charge in [-0.25, -0.2) is 0 Å². The van der Waals surface area contributed by atoms with Crippen molar-refractivity contribution in [3.8, 4) is 0 Å². The van der Waals surface area contributed by atoms with Gasteiger partial charge in [-0.15, -0.1) is 0 Å². The predicted octanol–water partition coefficient (Wildman–Crippen LogP) is 2.54. The highest BCUT2D eigenvalue weighted by Crippen LogP contribution is 2.20. The van der Waals surface area contributed by atoms with Crippen molar-refractivity contribution in [2.45, 2.75) is 19.4 Å². The zero-order valence-corrected chi connectivity index (χ0v) is 11.6. The SMILES string of the molecule is NC(=O)[C@@H]1CCCN(Cc2ccc3ccccc3c2)C1. The van der Waals surface area contributed by atoms with E-state index in [-0.39, 0.29) is 11.8 Å². The Bertz CT molecular complexity index is 623. The third-order valence-electron chi connectivity index (χ3n) is 4.13. The van der Waals surface area contributed by atoms with Gasteiger partial charge in [0.1, 0.15) is 0 Å². The van der Waals surface area contributed by atoms with E-state index in [0.29, 0.717) is 0 Å². The van der Waals surface area contributed by atoms with Crippen molar-refractivity contribution in [3.05, 3.63) is 48.0 Å². The molecule has 1 saturated heterocycles. The van der Waals surface area contributed by atoms with Gasteiger partial charge in [-0.3, -0.25) is 9.69 Å². The minimum Gasteiger partial charge on any atom is -0.369 e. The second-order valence-corrected chi connectivity index (χ2v) is 5.66. The van der Waals surface area contributed by atoms with Crippen molar-refractivity contribution < 1.29 is 4.79 Å². The molecule has 0 aliphatic carbocycles. The summed E-state index contributed by atoms with van der Waals surface area (Å²) in [5.74, 6) is -0.141. The van der Waals surface area contributed by atoms with Crippen LogP contribution in [0.2, 0.25) is 0 Å². The number of nitrogens with zero attached hydrogens (tertiary/aromatic N) is 1. The molecule has 0 spiro atoms. The first-order valence-corrected chi connectivity index (χ1v) is 7.22. The van der Waals surface area contributed by atoms with Crippen molar-refractivity contribution in [1.29, 1.82) is 0 Å². The molecule has 0 unspecified atom stereocenters. The average Bonchev–Trinajstić information content (AvgIpc) is 2.47. The number of carbonyl (C=O) groups is 1. The average molecular weight is 268 g/mol. The highest BCUT2D eigenvalue weighted by atomic mass is 16.1. The lowest BCUT2D eigenvalue weighted by atomic mass is 9.97. The van der Waals surface area contributed by atoms with Gasteiger partial charge in [-0.2, -0.15) is 0 Å². The first-order chi connectivity index (χ1) is 9.72. The maximum atomic E-state index is 11.3. The Morgan fingerprint density at radius 2 is 2.00 bits per heavy atom. The van der Waals surface area contributed by atoms with E-state index in [4.69, 9.17) is 5.73 Å². The van der Waals surface area contributed by atoms with Crippen LogP contribution in [0.15, 0.2) is 42.5 Å². The van der Waals surface area contributed by atoms with E-state index < -0.39 is 0 Å². The molecule has 104 valence electrons. The van der Waals surface area contributed by atoms with E-state index in [1.807, 2.05) is 0 Å². The summed E-state index contributed by atoms with van der Waals surface area (Å²) in [5, 5.41) is 2.54. The number of amides is 1. The molecule has 3 nitrogen and oxygen atoms in total. The summed E-state index contributed by atoms with van der Waals surface area (Å²) in [5.41, 5.74) is 6.73. The lowest BCUT2D eigenvalue weighted by Crippen LogP contribution is -2.40. The number of piperidine rings is 1. The Morgan fingerprint density at radius 1 is 1.20 bits per heavy atom. The number of benzene rings is 2. The van der Waals surface area contributed by atoms with Gasteiger partial charge < -0.3 is 5.73 Å². The summed E-state index contributed by atoms with van der Waals surface area (Å²) in [7, 11) is 0.